The minimum atomic E-state index is -0.697. The summed E-state index contributed by atoms with van der Waals surface area (Å²) in [5, 5.41) is 0.716. The minimum absolute atomic E-state index is 0.00855. The van der Waals surface area contributed by atoms with E-state index in [0.717, 1.165) is 24.0 Å². The number of carbonyl (C=O) groups is 1. The predicted molar refractivity (Wildman–Crippen MR) is 132 cm³/mol. The standard InChI is InChI=1S/C28H23ClFNO4/c1-2-3-13-34-21-6-4-5-18(14-21)25-24-26(32)22-15-19(29)9-12-23(22)35-27(24)28(33)31(25)16-17-7-10-20(30)11-8-17/h4-12,14-15,25H,2-3,13,16H2,1H3. The van der Waals surface area contributed by atoms with E-state index in [-0.39, 0.29) is 29.1 Å². The highest BCUT2D eigenvalue weighted by atomic mass is 35.5. The third-order valence-electron chi connectivity index (χ3n) is 6.13. The average molecular weight is 492 g/mol. The van der Waals surface area contributed by atoms with Crippen LogP contribution < -0.4 is 10.2 Å². The highest BCUT2D eigenvalue weighted by molar-refractivity contribution is 6.31. The third-order valence-corrected chi connectivity index (χ3v) is 6.37. The van der Waals surface area contributed by atoms with Crippen molar-refractivity contribution < 1.29 is 18.3 Å². The number of fused-ring (bicyclic) bond motifs is 2. The number of benzene rings is 3. The molecule has 1 atom stereocenters. The van der Waals surface area contributed by atoms with Gasteiger partial charge < -0.3 is 14.1 Å². The summed E-state index contributed by atoms with van der Waals surface area (Å²) in [5.74, 6) is -0.0974. The van der Waals surface area contributed by atoms with E-state index in [9.17, 15) is 14.0 Å². The molecular formula is C28H23ClFNO4. The molecule has 7 heteroatoms. The summed E-state index contributed by atoms with van der Waals surface area (Å²) in [5.41, 5.74) is 1.71. The molecule has 1 aliphatic heterocycles. The summed E-state index contributed by atoms with van der Waals surface area (Å²) in [6, 6.07) is 17.4. The van der Waals surface area contributed by atoms with Crippen LogP contribution in [0.3, 0.4) is 0 Å². The van der Waals surface area contributed by atoms with E-state index in [4.69, 9.17) is 20.8 Å². The zero-order valence-corrected chi connectivity index (χ0v) is 19.8. The van der Waals surface area contributed by atoms with Gasteiger partial charge >= 0.3 is 0 Å². The second kappa shape index (κ2) is 9.55. The summed E-state index contributed by atoms with van der Waals surface area (Å²) in [7, 11) is 0. The largest absolute Gasteiger partial charge is 0.494 e. The molecule has 0 saturated heterocycles. The molecule has 5 nitrogen and oxygen atoms in total. The molecule has 1 aliphatic rings. The zero-order valence-electron chi connectivity index (χ0n) is 19.1. The number of nitrogens with zero attached hydrogens (tertiary/aromatic N) is 1. The van der Waals surface area contributed by atoms with Crippen LogP contribution in [0, 0.1) is 5.82 Å². The molecular weight excluding hydrogens is 469 g/mol. The molecule has 0 fully saturated rings. The summed E-state index contributed by atoms with van der Waals surface area (Å²) < 4.78 is 25.3. The fourth-order valence-electron chi connectivity index (χ4n) is 4.40. The quantitative estimate of drug-likeness (QED) is 0.276. The topological polar surface area (TPSA) is 59.8 Å². The first kappa shape index (κ1) is 23.1. The number of carbonyl (C=O) groups excluding carboxylic acids is 1. The average Bonchev–Trinajstić information content (AvgIpc) is 3.13. The van der Waals surface area contributed by atoms with Crippen LogP contribution in [0.4, 0.5) is 4.39 Å². The summed E-state index contributed by atoms with van der Waals surface area (Å²) >= 11 is 6.15. The van der Waals surface area contributed by atoms with Crippen LogP contribution in [0.1, 0.15) is 53.1 Å². The van der Waals surface area contributed by atoms with Gasteiger partial charge in [-0.2, -0.15) is 0 Å². The lowest BCUT2D eigenvalue weighted by Gasteiger charge is -2.25. The lowest BCUT2D eigenvalue weighted by molar-refractivity contribution is 0.0714. The van der Waals surface area contributed by atoms with E-state index in [1.807, 2.05) is 24.3 Å². The monoisotopic (exact) mass is 491 g/mol. The van der Waals surface area contributed by atoms with Crippen LogP contribution in [0.25, 0.3) is 11.0 Å². The van der Waals surface area contributed by atoms with Gasteiger partial charge in [0.1, 0.15) is 17.1 Å². The molecule has 0 N–H and O–H groups in total. The Morgan fingerprint density at radius 2 is 1.86 bits per heavy atom. The van der Waals surface area contributed by atoms with Crippen molar-refractivity contribution in [1.29, 1.82) is 0 Å². The predicted octanol–water partition coefficient (Wildman–Crippen LogP) is 6.51. The lowest BCUT2D eigenvalue weighted by Crippen LogP contribution is -2.29. The SMILES string of the molecule is CCCCOc1cccc(C2c3c(oc4ccc(Cl)cc4c3=O)C(=O)N2Cc2ccc(F)cc2)c1. The van der Waals surface area contributed by atoms with Gasteiger partial charge in [-0.15, -0.1) is 0 Å². The van der Waals surface area contributed by atoms with Crippen molar-refractivity contribution >= 4 is 28.5 Å². The third kappa shape index (κ3) is 4.42. The number of unbranched alkanes of at least 4 members (excludes halogenated alkanes) is 1. The van der Waals surface area contributed by atoms with Gasteiger partial charge in [0, 0.05) is 11.6 Å². The Morgan fingerprint density at radius 1 is 1.06 bits per heavy atom. The van der Waals surface area contributed by atoms with Crippen molar-refractivity contribution in [2.75, 3.05) is 6.61 Å². The maximum Gasteiger partial charge on any atom is 0.291 e. The van der Waals surface area contributed by atoms with Gasteiger partial charge in [0.25, 0.3) is 5.91 Å². The van der Waals surface area contributed by atoms with Gasteiger partial charge in [-0.3, -0.25) is 9.59 Å². The van der Waals surface area contributed by atoms with Gasteiger partial charge in [-0.05, 0) is 60.0 Å². The number of amides is 1. The molecule has 0 bridgehead atoms. The molecule has 4 aromatic rings. The van der Waals surface area contributed by atoms with Crippen LogP contribution in [0.5, 0.6) is 5.75 Å². The van der Waals surface area contributed by atoms with E-state index < -0.39 is 11.9 Å². The van der Waals surface area contributed by atoms with Crippen molar-refractivity contribution in [3.63, 3.8) is 0 Å². The van der Waals surface area contributed by atoms with E-state index >= 15 is 0 Å². The number of hydrogen-bond acceptors (Lipinski definition) is 4. The summed E-state index contributed by atoms with van der Waals surface area (Å²) in [6.45, 7) is 2.83. The van der Waals surface area contributed by atoms with Crippen LogP contribution in [0.2, 0.25) is 5.02 Å². The molecule has 178 valence electrons. The van der Waals surface area contributed by atoms with E-state index in [1.165, 1.54) is 12.1 Å². The Kier molecular flexibility index (Phi) is 6.31. The molecule has 5 rings (SSSR count). The molecule has 1 amide bonds. The molecule has 1 aromatic heterocycles. The summed E-state index contributed by atoms with van der Waals surface area (Å²) in [6.07, 6.45) is 1.92. The molecule has 2 heterocycles. The van der Waals surface area contributed by atoms with Crippen molar-refractivity contribution in [3.8, 4) is 5.75 Å². The van der Waals surface area contributed by atoms with Crippen molar-refractivity contribution in [3.05, 3.63) is 110 Å². The summed E-state index contributed by atoms with van der Waals surface area (Å²) in [4.78, 5) is 28.8. The maximum absolute atomic E-state index is 13.7. The molecule has 0 radical (unpaired) electrons. The Labute approximate surface area is 206 Å². The van der Waals surface area contributed by atoms with Crippen molar-refractivity contribution in [2.24, 2.45) is 0 Å². The van der Waals surface area contributed by atoms with Gasteiger partial charge in [0.05, 0.1) is 23.6 Å². The van der Waals surface area contributed by atoms with Crippen molar-refractivity contribution in [2.45, 2.75) is 32.4 Å². The molecule has 0 spiro atoms. The fourth-order valence-corrected chi connectivity index (χ4v) is 4.57. The Morgan fingerprint density at radius 3 is 2.63 bits per heavy atom. The number of hydrogen-bond donors (Lipinski definition) is 0. The second-order valence-electron chi connectivity index (χ2n) is 8.55. The van der Waals surface area contributed by atoms with Crippen LogP contribution in [-0.2, 0) is 6.54 Å². The van der Waals surface area contributed by atoms with Crippen molar-refractivity contribution in [1.82, 2.24) is 4.90 Å². The normalized spacial score (nSPS) is 15.0. The van der Waals surface area contributed by atoms with Gasteiger partial charge in [0.15, 0.2) is 5.43 Å². The van der Waals surface area contributed by atoms with Gasteiger partial charge in [-0.1, -0.05) is 49.2 Å². The Hall–Kier alpha value is -3.64. The van der Waals surface area contributed by atoms with E-state index in [1.54, 1.807) is 35.2 Å². The molecule has 0 saturated carbocycles. The smallest absolute Gasteiger partial charge is 0.291 e. The minimum Gasteiger partial charge on any atom is -0.494 e. The first-order valence-corrected chi connectivity index (χ1v) is 11.9. The van der Waals surface area contributed by atoms with E-state index in [0.29, 0.717) is 28.3 Å². The molecule has 35 heavy (non-hydrogen) atoms. The van der Waals surface area contributed by atoms with Gasteiger partial charge in [0.2, 0.25) is 5.76 Å². The number of halogens is 2. The molecule has 1 unspecified atom stereocenters. The first-order valence-electron chi connectivity index (χ1n) is 11.5. The Bertz CT molecular complexity index is 1460. The first-order chi connectivity index (χ1) is 17.0. The number of ether oxygens (including phenoxy) is 1. The number of rotatable bonds is 7. The van der Waals surface area contributed by atoms with E-state index in [2.05, 4.69) is 6.92 Å². The zero-order chi connectivity index (χ0) is 24.5. The van der Waals surface area contributed by atoms with Gasteiger partial charge in [-0.25, -0.2) is 4.39 Å². The highest BCUT2D eigenvalue weighted by Gasteiger charge is 2.42. The second-order valence-corrected chi connectivity index (χ2v) is 8.99. The van der Waals surface area contributed by atoms with Crippen LogP contribution >= 0.6 is 11.6 Å². The Balaban J connectivity index is 1.65. The highest BCUT2D eigenvalue weighted by Crippen LogP contribution is 2.40. The fraction of sp³-hybridized carbons (Fsp3) is 0.214. The van der Waals surface area contributed by atoms with Crippen LogP contribution in [-0.4, -0.2) is 17.4 Å². The molecule has 3 aromatic carbocycles. The molecule has 0 aliphatic carbocycles. The maximum atomic E-state index is 13.7. The lowest BCUT2D eigenvalue weighted by atomic mass is 9.98. The van der Waals surface area contributed by atoms with Crippen LogP contribution in [0.15, 0.2) is 75.9 Å².